The lowest BCUT2D eigenvalue weighted by molar-refractivity contribution is -0.119. The molecule has 0 bridgehead atoms. The van der Waals surface area contributed by atoms with Crippen molar-refractivity contribution in [3.63, 3.8) is 0 Å². The molecule has 2 aromatic carbocycles. The van der Waals surface area contributed by atoms with Gasteiger partial charge in [0, 0.05) is 12.5 Å². The van der Waals surface area contributed by atoms with Crippen LogP contribution in [0.25, 0.3) is 11.1 Å². The first-order valence-corrected chi connectivity index (χ1v) is 8.81. The van der Waals surface area contributed by atoms with E-state index in [0.29, 0.717) is 17.2 Å². The van der Waals surface area contributed by atoms with Crippen molar-refractivity contribution in [1.82, 2.24) is 5.32 Å². The number of carbonyl (C=O) groups excluding carboxylic acids is 1. The van der Waals surface area contributed by atoms with Crippen molar-refractivity contribution in [3.8, 4) is 34.1 Å². The number of carbonyl (C=O) groups is 1. The van der Waals surface area contributed by atoms with E-state index in [2.05, 4.69) is 5.32 Å². The number of methoxy groups -OCH3 is 4. The normalized spacial score (nSPS) is 15.1. The van der Waals surface area contributed by atoms with E-state index in [-0.39, 0.29) is 11.9 Å². The van der Waals surface area contributed by atoms with Crippen molar-refractivity contribution in [1.29, 1.82) is 0 Å². The molecule has 6 nitrogen and oxygen atoms in total. The van der Waals surface area contributed by atoms with Crippen molar-refractivity contribution >= 4 is 5.91 Å². The number of aryl methyl sites for hydroxylation is 1. The molecule has 0 heterocycles. The highest BCUT2D eigenvalue weighted by Crippen LogP contribution is 2.50. The number of hydrogen-bond donors (Lipinski definition) is 1. The Kier molecular flexibility index (Phi) is 5.44. The molecule has 0 spiro atoms. The highest BCUT2D eigenvalue weighted by Gasteiger charge is 2.29. The van der Waals surface area contributed by atoms with Gasteiger partial charge in [0.2, 0.25) is 11.7 Å². The Morgan fingerprint density at radius 2 is 1.74 bits per heavy atom. The molecule has 0 aliphatic heterocycles. The minimum absolute atomic E-state index is 0.0677. The lowest BCUT2D eigenvalue weighted by atomic mass is 9.93. The number of nitrogens with one attached hydrogen (secondary N) is 1. The van der Waals surface area contributed by atoms with Crippen LogP contribution in [0.2, 0.25) is 0 Å². The molecule has 1 N–H and O–H groups in total. The number of hydrogen-bond acceptors (Lipinski definition) is 5. The molecule has 0 unspecified atom stereocenters. The van der Waals surface area contributed by atoms with Crippen LogP contribution in [-0.2, 0) is 11.2 Å². The number of benzene rings is 2. The van der Waals surface area contributed by atoms with Gasteiger partial charge in [-0.25, -0.2) is 0 Å². The second-order valence-electron chi connectivity index (χ2n) is 6.42. The van der Waals surface area contributed by atoms with Gasteiger partial charge < -0.3 is 24.3 Å². The highest BCUT2D eigenvalue weighted by molar-refractivity contribution is 5.84. The van der Waals surface area contributed by atoms with Crippen LogP contribution in [0.5, 0.6) is 23.0 Å². The van der Waals surface area contributed by atoms with Gasteiger partial charge in [-0.2, -0.15) is 0 Å². The quantitative estimate of drug-likeness (QED) is 0.871. The summed E-state index contributed by atoms with van der Waals surface area (Å²) >= 11 is 0. The Hall–Kier alpha value is -2.89. The first-order chi connectivity index (χ1) is 13.0. The smallest absolute Gasteiger partial charge is 0.217 e. The van der Waals surface area contributed by atoms with E-state index in [4.69, 9.17) is 18.9 Å². The maximum atomic E-state index is 11.8. The van der Waals surface area contributed by atoms with Crippen LogP contribution < -0.4 is 24.3 Å². The van der Waals surface area contributed by atoms with E-state index in [9.17, 15) is 4.79 Å². The average Bonchev–Trinajstić information content (AvgIpc) is 2.82. The lowest BCUT2D eigenvalue weighted by Gasteiger charge is -2.21. The molecule has 3 rings (SSSR count). The maximum absolute atomic E-state index is 11.8. The topological polar surface area (TPSA) is 66.0 Å². The summed E-state index contributed by atoms with van der Waals surface area (Å²) in [5.74, 6) is 2.48. The predicted molar refractivity (Wildman–Crippen MR) is 103 cm³/mol. The third-order valence-corrected chi connectivity index (χ3v) is 4.90. The first kappa shape index (κ1) is 18.9. The Labute approximate surface area is 159 Å². The van der Waals surface area contributed by atoms with Crippen LogP contribution in [0.1, 0.15) is 30.5 Å². The fraction of sp³-hybridized carbons (Fsp3) is 0.381. The number of fused-ring (bicyclic) bond motifs is 3. The van der Waals surface area contributed by atoms with Gasteiger partial charge in [0.05, 0.1) is 34.5 Å². The number of ether oxygens (including phenoxy) is 4. The van der Waals surface area contributed by atoms with E-state index in [0.717, 1.165) is 40.8 Å². The molecule has 0 fully saturated rings. The third-order valence-electron chi connectivity index (χ3n) is 4.90. The van der Waals surface area contributed by atoms with Crippen molar-refractivity contribution in [3.05, 3.63) is 35.4 Å². The molecule has 27 heavy (non-hydrogen) atoms. The summed E-state index contributed by atoms with van der Waals surface area (Å²) in [6.45, 7) is 1.53. The van der Waals surface area contributed by atoms with Crippen molar-refractivity contribution < 1.29 is 23.7 Å². The summed E-state index contributed by atoms with van der Waals surface area (Å²) in [7, 11) is 6.46. The summed E-state index contributed by atoms with van der Waals surface area (Å²) in [5.41, 5.74) is 4.03. The van der Waals surface area contributed by atoms with Crippen molar-refractivity contribution in [2.45, 2.75) is 25.8 Å². The maximum Gasteiger partial charge on any atom is 0.217 e. The Balaban J connectivity index is 2.30. The van der Waals surface area contributed by atoms with Gasteiger partial charge >= 0.3 is 0 Å². The third kappa shape index (κ3) is 3.39. The van der Waals surface area contributed by atoms with Crippen molar-refractivity contribution in [2.24, 2.45) is 0 Å². The average molecular weight is 371 g/mol. The fourth-order valence-electron chi connectivity index (χ4n) is 3.73. The van der Waals surface area contributed by atoms with Crippen LogP contribution in [-0.4, -0.2) is 34.3 Å². The molecule has 144 valence electrons. The van der Waals surface area contributed by atoms with Gasteiger partial charge in [-0.15, -0.1) is 0 Å². The van der Waals surface area contributed by atoms with Gasteiger partial charge in [-0.3, -0.25) is 4.79 Å². The minimum atomic E-state index is -0.123. The molecule has 6 heteroatoms. The minimum Gasteiger partial charge on any atom is -0.497 e. The van der Waals surface area contributed by atoms with Gasteiger partial charge in [0.25, 0.3) is 0 Å². The molecule has 0 radical (unpaired) electrons. The monoisotopic (exact) mass is 371 g/mol. The molecule has 0 aromatic heterocycles. The van der Waals surface area contributed by atoms with Crippen LogP contribution in [0.4, 0.5) is 0 Å². The van der Waals surface area contributed by atoms with E-state index >= 15 is 0 Å². The molecular formula is C21H25NO5. The second-order valence-corrected chi connectivity index (χ2v) is 6.42. The second kappa shape index (κ2) is 7.78. The summed E-state index contributed by atoms with van der Waals surface area (Å²) in [6.07, 6.45) is 1.51. The summed E-state index contributed by atoms with van der Waals surface area (Å²) < 4.78 is 22.2. The fourth-order valence-corrected chi connectivity index (χ4v) is 3.73. The number of rotatable bonds is 5. The van der Waals surface area contributed by atoms with E-state index < -0.39 is 0 Å². The molecule has 1 aliphatic rings. The zero-order valence-corrected chi connectivity index (χ0v) is 16.3. The van der Waals surface area contributed by atoms with Crippen LogP contribution in [0.15, 0.2) is 24.3 Å². The Morgan fingerprint density at radius 3 is 2.33 bits per heavy atom. The molecule has 1 amide bonds. The van der Waals surface area contributed by atoms with Crippen LogP contribution in [0, 0.1) is 0 Å². The van der Waals surface area contributed by atoms with Gasteiger partial charge in [0.15, 0.2) is 11.5 Å². The molecule has 2 aromatic rings. The first-order valence-electron chi connectivity index (χ1n) is 8.81. The molecule has 0 saturated carbocycles. The van der Waals surface area contributed by atoms with E-state index in [1.807, 2.05) is 24.3 Å². The van der Waals surface area contributed by atoms with Crippen LogP contribution >= 0.6 is 0 Å². The summed E-state index contributed by atoms with van der Waals surface area (Å²) in [4.78, 5) is 11.8. The van der Waals surface area contributed by atoms with Gasteiger partial charge in [-0.1, -0.05) is 6.07 Å². The summed E-state index contributed by atoms with van der Waals surface area (Å²) in [6, 6.07) is 7.75. The Morgan fingerprint density at radius 1 is 1.00 bits per heavy atom. The van der Waals surface area contributed by atoms with Gasteiger partial charge in [0.1, 0.15) is 5.75 Å². The molecular weight excluding hydrogens is 346 g/mol. The molecule has 1 atom stereocenters. The largest absolute Gasteiger partial charge is 0.497 e. The van der Waals surface area contributed by atoms with Crippen LogP contribution in [0.3, 0.4) is 0 Å². The summed E-state index contributed by atoms with van der Waals surface area (Å²) in [5, 5.41) is 3.06. The molecule has 0 saturated heterocycles. The molecule has 1 aliphatic carbocycles. The zero-order valence-electron chi connectivity index (χ0n) is 16.3. The lowest BCUT2D eigenvalue weighted by Crippen LogP contribution is -2.26. The Bertz CT molecular complexity index is 862. The highest BCUT2D eigenvalue weighted by atomic mass is 16.5. The van der Waals surface area contributed by atoms with Crippen molar-refractivity contribution in [2.75, 3.05) is 28.4 Å². The van der Waals surface area contributed by atoms with E-state index in [1.165, 1.54) is 6.92 Å². The predicted octanol–water partition coefficient (Wildman–Crippen LogP) is 3.51. The zero-order chi connectivity index (χ0) is 19.6. The standard InChI is InChI=1S/C21H25NO5/c1-12(23)22-17-9-6-13-10-18(25-3)20(26-4)21(27-5)19(13)15-8-7-14(24-2)11-16(15)17/h7-8,10-11,17H,6,9H2,1-5H3,(H,22,23)/t17-/m0/s1. The van der Waals surface area contributed by atoms with Gasteiger partial charge in [-0.05, 0) is 47.7 Å². The van der Waals surface area contributed by atoms with E-state index in [1.54, 1.807) is 28.4 Å². The SMILES string of the molecule is COc1ccc2c(c1)[C@@H](NC(C)=O)CCc1cc(OC)c(OC)c(OC)c1-2. The number of amides is 1.